The number of ketones is 1. The quantitative estimate of drug-likeness (QED) is 0.807. The van der Waals surface area contributed by atoms with Crippen molar-refractivity contribution in [2.45, 2.75) is 26.2 Å². The zero-order valence-corrected chi connectivity index (χ0v) is 10.9. The normalized spacial score (nSPS) is 10.6. The first-order valence-corrected chi connectivity index (χ1v) is 6.19. The van der Waals surface area contributed by atoms with Gasteiger partial charge in [-0.2, -0.15) is 5.10 Å². The van der Waals surface area contributed by atoms with Crippen molar-refractivity contribution in [1.82, 2.24) is 9.78 Å². The van der Waals surface area contributed by atoms with Crippen molar-refractivity contribution in [2.75, 3.05) is 0 Å². The van der Waals surface area contributed by atoms with Gasteiger partial charge in [-0.25, -0.2) is 0 Å². The topological polar surface area (TPSA) is 34.9 Å². The van der Waals surface area contributed by atoms with Crippen molar-refractivity contribution in [1.29, 1.82) is 0 Å². The summed E-state index contributed by atoms with van der Waals surface area (Å²) in [4.78, 5) is 11.9. The van der Waals surface area contributed by atoms with E-state index >= 15 is 0 Å². The third kappa shape index (κ3) is 3.29. The maximum absolute atomic E-state index is 11.9. The minimum Gasteiger partial charge on any atom is -0.299 e. The number of hydrogen-bond acceptors (Lipinski definition) is 2. The Morgan fingerprint density at radius 3 is 2.78 bits per heavy atom. The Morgan fingerprint density at radius 2 is 2.11 bits per heavy atom. The number of hydrogen-bond donors (Lipinski definition) is 0. The Kier molecular flexibility index (Phi) is 3.92. The maximum atomic E-state index is 11.9. The molecule has 0 aliphatic rings. The van der Waals surface area contributed by atoms with E-state index in [1.165, 1.54) is 5.56 Å². The van der Waals surface area contributed by atoms with Crippen LogP contribution in [-0.2, 0) is 24.7 Å². The highest BCUT2D eigenvalue weighted by Crippen LogP contribution is 2.10. The average Bonchev–Trinajstić information content (AvgIpc) is 2.76. The van der Waals surface area contributed by atoms with Gasteiger partial charge in [-0.15, -0.1) is 0 Å². The first-order chi connectivity index (χ1) is 8.65. The van der Waals surface area contributed by atoms with Crippen LogP contribution in [-0.4, -0.2) is 15.6 Å². The fourth-order valence-corrected chi connectivity index (χ4v) is 1.99. The Labute approximate surface area is 107 Å². The summed E-state index contributed by atoms with van der Waals surface area (Å²) >= 11 is 0. The van der Waals surface area contributed by atoms with Crippen molar-refractivity contribution >= 4 is 5.78 Å². The molecule has 2 rings (SSSR count). The number of aryl methyl sites for hydroxylation is 3. The van der Waals surface area contributed by atoms with Crippen molar-refractivity contribution in [3.8, 4) is 0 Å². The minimum atomic E-state index is 0.285. The van der Waals surface area contributed by atoms with E-state index in [0.717, 1.165) is 17.5 Å². The molecule has 1 aromatic heterocycles. The molecular formula is C15H18N2O. The first-order valence-electron chi connectivity index (χ1n) is 6.19. The molecule has 0 atom stereocenters. The molecule has 0 bridgehead atoms. The van der Waals surface area contributed by atoms with Crippen LogP contribution in [0.5, 0.6) is 0 Å². The number of carbonyl (C=O) groups is 1. The van der Waals surface area contributed by atoms with Gasteiger partial charge in [-0.3, -0.25) is 9.48 Å². The third-order valence-electron chi connectivity index (χ3n) is 3.10. The van der Waals surface area contributed by atoms with E-state index in [9.17, 15) is 4.79 Å². The second-order valence-corrected chi connectivity index (χ2v) is 4.66. The second kappa shape index (κ2) is 5.63. The van der Waals surface area contributed by atoms with Gasteiger partial charge in [-0.1, -0.05) is 24.3 Å². The van der Waals surface area contributed by atoms with Crippen LogP contribution in [0.4, 0.5) is 0 Å². The maximum Gasteiger partial charge on any atom is 0.137 e. The van der Waals surface area contributed by atoms with E-state index in [4.69, 9.17) is 0 Å². The first kappa shape index (κ1) is 12.6. The van der Waals surface area contributed by atoms with Crippen molar-refractivity contribution in [2.24, 2.45) is 7.05 Å². The molecule has 94 valence electrons. The molecule has 0 saturated carbocycles. The minimum absolute atomic E-state index is 0.285. The largest absolute Gasteiger partial charge is 0.299 e. The van der Waals surface area contributed by atoms with Gasteiger partial charge in [0.05, 0.1) is 6.20 Å². The summed E-state index contributed by atoms with van der Waals surface area (Å²) < 4.78 is 1.77. The zero-order chi connectivity index (χ0) is 13.0. The third-order valence-corrected chi connectivity index (χ3v) is 3.10. The molecule has 18 heavy (non-hydrogen) atoms. The number of nitrogens with zero attached hydrogens (tertiary/aromatic N) is 2. The van der Waals surface area contributed by atoms with Crippen LogP contribution in [0.3, 0.4) is 0 Å². The van der Waals surface area contributed by atoms with E-state index in [0.29, 0.717) is 12.8 Å². The molecule has 0 amide bonds. The summed E-state index contributed by atoms with van der Waals surface area (Å²) in [5, 5.41) is 4.10. The highest BCUT2D eigenvalue weighted by atomic mass is 16.1. The Hall–Kier alpha value is -1.90. The summed E-state index contributed by atoms with van der Waals surface area (Å²) in [5.74, 6) is 0.285. The number of Topliss-reactive ketones (excluding diaryl/α,β-unsaturated/α-hetero) is 1. The molecule has 0 unspecified atom stereocenters. The predicted molar refractivity (Wildman–Crippen MR) is 71.4 cm³/mol. The zero-order valence-electron chi connectivity index (χ0n) is 10.9. The predicted octanol–water partition coefficient (Wildman–Crippen LogP) is 2.47. The number of benzene rings is 1. The van der Waals surface area contributed by atoms with Gasteiger partial charge in [0.2, 0.25) is 0 Å². The summed E-state index contributed by atoms with van der Waals surface area (Å²) in [6.45, 7) is 2.05. The summed E-state index contributed by atoms with van der Waals surface area (Å²) in [7, 11) is 1.89. The Balaban J connectivity index is 1.88. The molecule has 0 aliphatic heterocycles. The highest BCUT2D eigenvalue weighted by Gasteiger charge is 2.06. The summed E-state index contributed by atoms with van der Waals surface area (Å²) in [6.07, 6.45) is 5.67. The van der Waals surface area contributed by atoms with Crippen molar-refractivity contribution in [3.63, 3.8) is 0 Å². The molecule has 1 aromatic carbocycles. The van der Waals surface area contributed by atoms with Crippen molar-refractivity contribution in [3.05, 3.63) is 53.3 Å². The number of aromatic nitrogens is 2. The van der Waals surface area contributed by atoms with Crippen molar-refractivity contribution < 1.29 is 4.79 Å². The lowest BCUT2D eigenvalue weighted by Crippen LogP contribution is -2.05. The Morgan fingerprint density at radius 1 is 1.33 bits per heavy atom. The lowest BCUT2D eigenvalue weighted by molar-refractivity contribution is -0.118. The fraction of sp³-hybridized carbons (Fsp3) is 0.333. The van der Waals surface area contributed by atoms with E-state index < -0.39 is 0 Å². The van der Waals surface area contributed by atoms with Crippen LogP contribution in [0.25, 0.3) is 0 Å². The summed E-state index contributed by atoms with van der Waals surface area (Å²) in [5.41, 5.74) is 3.44. The lowest BCUT2D eigenvalue weighted by atomic mass is 10.0. The monoisotopic (exact) mass is 242 g/mol. The summed E-state index contributed by atoms with van der Waals surface area (Å²) in [6, 6.07) is 8.05. The molecule has 0 N–H and O–H groups in total. The van der Waals surface area contributed by atoms with E-state index in [-0.39, 0.29) is 5.78 Å². The second-order valence-electron chi connectivity index (χ2n) is 4.66. The van der Waals surface area contributed by atoms with E-state index in [1.807, 2.05) is 50.6 Å². The van der Waals surface area contributed by atoms with Crippen LogP contribution in [0.1, 0.15) is 23.1 Å². The van der Waals surface area contributed by atoms with Crippen LogP contribution in [0, 0.1) is 6.92 Å². The lowest BCUT2D eigenvalue weighted by Gasteiger charge is -2.04. The number of rotatable bonds is 5. The van der Waals surface area contributed by atoms with Gasteiger partial charge >= 0.3 is 0 Å². The van der Waals surface area contributed by atoms with E-state index in [1.54, 1.807) is 4.68 Å². The molecular weight excluding hydrogens is 224 g/mol. The SMILES string of the molecule is Cc1ccccc1CC(=O)CCc1cnn(C)c1. The highest BCUT2D eigenvalue weighted by molar-refractivity contribution is 5.81. The van der Waals surface area contributed by atoms with E-state index in [2.05, 4.69) is 5.10 Å². The molecule has 0 fully saturated rings. The number of carbonyl (C=O) groups excluding carboxylic acids is 1. The van der Waals surface area contributed by atoms with Crippen LogP contribution >= 0.6 is 0 Å². The standard InChI is InChI=1S/C15H18N2O/c1-12-5-3-4-6-14(12)9-15(18)8-7-13-10-16-17(2)11-13/h3-6,10-11H,7-9H2,1-2H3. The smallest absolute Gasteiger partial charge is 0.137 e. The molecule has 0 spiro atoms. The van der Waals surface area contributed by atoms with Crippen LogP contribution in [0.15, 0.2) is 36.7 Å². The van der Waals surface area contributed by atoms with Gasteiger partial charge in [0.1, 0.15) is 5.78 Å². The van der Waals surface area contributed by atoms with Gasteiger partial charge < -0.3 is 0 Å². The molecule has 3 heteroatoms. The Bertz CT molecular complexity index is 543. The average molecular weight is 242 g/mol. The van der Waals surface area contributed by atoms with Crippen LogP contribution in [0.2, 0.25) is 0 Å². The molecule has 2 aromatic rings. The van der Waals surface area contributed by atoms with Gasteiger partial charge in [0, 0.05) is 26.1 Å². The molecule has 3 nitrogen and oxygen atoms in total. The fourth-order valence-electron chi connectivity index (χ4n) is 1.99. The molecule has 0 saturated heterocycles. The van der Waals surface area contributed by atoms with Gasteiger partial charge in [-0.05, 0) is 30.0 Å². The molecule has 0 aliphatic carbocycles. The van der Waals surface area contributed by atoms with Gasteiger partial charge in [0.15, 0.2) is 0 Å². The van der Waals surface area contributed by atoms with Gasteiger partial charge in [0.25, 0.3) is 0 Å². The molecule has 1 heterocycles. The van der Waals surface area contributed by atoms with Crippen LogP contribution < -0.4 is 0 Å². The molecule has 0 radical (unpaired) electrons.